The molecule has 98 valence electrons. The van der Waals surface area contributed by atoms with Crippen molar-refractivity contribution in [3.05, 3.63) is 66.0 Å². The molecule has 0 fully saturated rings. The number of benzene rings is 2. The lowest BCUT2D eigenvalue weighted by atomic mass is 10.2. The fourth-order valence-corrected chi connectivity index (χ4v) is 1.61. The van der Waals surface area contributed by atoms with E-state index in [2.05, 4.69) is 5.32 Å². The maximum absolute atomic E-state index is 13.3. The lowest BCUT2D eigenvalue weighted by Gasteiger charge is -2.07. The van der Waals surface area contributed by atoms with Crippen LogP contribution in [0.5, 0.6) is 0 Å². The summed E-state index contributed by atoms with van der Waals surface area (Å²) in [6.07, 6.45) is -0.0213. The van der Waals surface area contributed by atoms with Gasteiger partial charge in [-0.05, 0) is 17.7 Å². The molecular formula is C15H14FNO2. The molecule has 0 aliphatic rings. The molecule has 2 aromatic carbocycles. The molecule has 4 heteroatoms. The van der Waals surface area contributed by atoms with Gasteiger partial charge in [-0.3, -0.25) is 5.32 Å². The van der Waals surface area contributed by atoms with Crippen molar-refractivity contribution in [1.29, 1.82) is 0 Å². The fraction of sp³-hybridized carbons (Fsp3) is 0.133. The summed E-state index contributed by atoms with van der Waals surface area (Å²) in [5.74, 6) is -0.484. The van der Waals surface area contributed by atoms with Crippen molar-refractivity contribution in [2.45, 2.75) is 6.42 Å². The Morgan fingerprint density at radius 1 is 1.05 bits per heavy atom. The van der Waals surface area contributed by atoms with Crippen LogP contribution in [0.25, 0.3) is 0 Å². The van der Waals surface area contributed by atoms with Crippen molar-refractivity contribution in [2.75, 3.05) is 11.9 Å². The third kappa shape index (κ3) is 4.10. The minimum Gasteiger partial charge on any atom is -0.449 e. The van der Waals surface area contributed by atoms with Gasteiger partial charge in [0.05, 0.1) is 12.3 Å². The van der Waals surface area contributed by atoms with Crippen LogP contribution in [0.3, 0.4) is 0 Å². The van der Waals surface area contributed by atoms with E-state index in [0.717, 1.165) is 5.56 Å². The van der Waals surface area contributed by atoms with Gasteiger partial charge in [-0.2, -0.15) is 0 Å². The van der Waals surface area contributed by atoms with Crippen molar-refractivity contribution in [3.8, 4) is 0 Å². The van der Waals surface area contributed by atoms with Gasteiger partial charge in [0.1, 0.15) is 5.82 Å². The van der Waals surface area contributed by atoms with Gasteiger partial charge >= 0.3 is 6.09 Å². The summed E-state index contributed by atoms with van der Waals surface area (Å²) in [4.78, 5) is 11.5. The normalized spacial score (nSPS) is 9.95. The molecule has 0 bridgehead atoms. The molecule has 0 unspecified atom stereocenters. The Kier molecular flexibility index (Phi) is 4.50. The molecule has 0 radical (unpaired) electrons. The van der Waals surface area contributed by atoms with Crippen LogP contribution in [0.2, 0.25) is 0 Å². The molecule has 3 nitrogen and oxygen atoms in total. The summed E-state index contributed by atoms with van der Waals surface area (Å²) in [6.45, 7) is 0.254. The quantitative estimate of drug-likeness (QED) is 0.910. The summed E-state index contributed by atoms with van der Waals surface area (Å²) in [6, 6.07) is 15.6. The summed E-state index contributed by atoms with van der Waals surface area (Å²) < 4.78 is 18.3. The minimum atomic E-state index is -0.652. The molecule has 2 rings (SSSR count). The summed E-state index contributed by atoms with van der Waals surface area (Å²) in [7, 11) is 0. The standard InChI is InChI=1S/C15H14FNO2/c16-13-8-4-5-9-14(13)17-15(18)19-11-10-12-6-2-1-3-7-12/h1-9H,10-11H2,(H,17,18). The number of anilines is 1. The van der Waals surface area contributed by atoms with E-state index in [1.54, 1.807) is 12.1 Å². The van der Waals surface area contributed by atoms with Gasteiger partial charge < -0.3 is 4.74 Å². The maximum Gasteiger partial charge on any atom is 0.411 e. The van der Waals surface area contributed by atoms with Crippen molar-refractivity contribution in [2.24, 2.45) is 0 Å². The Morgan fingerprint density at radius 2 is 1.74 bits per heavy atom. The predicted molar refractivity (Wildman–Crippen MR) is 71.5 cm³/mol. The molecule has 0 aliphatic heterocycles. The zero-order valence-corrected chi connectivity index (χ0v) is 10.3. The van der Waals surface area contributed by atoms with Gasteiger partial charge in [0, 0.05) is 6.42 Å². The third-order valence-corrected chi connectivity index (χ3v) is 2.58. The van der Waals surface area contributed by atoms with Crippen LogP contribution in [-0.4, -0.2) is 12.7 Å². The van der Waals surface area contributed by atoms with E-state index in [0.29, 0.717) is 6.42 Å². The Bertz CT molecular complexity index is 543. The van der Waals surface area contributed by atoms with E-state index in [1.165, 1.54) is 12.1 Å². The number of rotatable bonds is 4. The largest absolute Gasteiger partial charge is 0.449 e. The first-order chi connectivity index (χ1) is 9.25. The Hall–Kier alpha value is -2.36. The molecule has 1 N–H and O–H groups in total. The first kappa shape index (κ1) is 13.1. The number of hydrogen-bond acceptors (Lipinski definition) is 2. The van der Waals surface area contributed by atoms with Gasteiger partial charge in [-0.15, -0.1) is 0 Å². The molecular weight excluding hydrogens is 245 g/mol. The number of amides is 1. The monoisotopic (exact) mass is 259 g/mol. The van der Waals surface area contributed by atoms with Crippen LogP contribution in [0, 0.1) is 5.82 Å². The lowest BCUT2D eigenvalue weighted by Crippen LogP contribution is -2.16. The third-order valence-electron chi connectivity index (χ3n) is 2.58. The van der Waals surface area contributed by atoms with E-state index >= 15 is 0 Å². The molecule has 0 saturated heterocycles. The highest BCUT2D eigenvalue weighted by atomic mass is 19.1. The van der Waals surface area contributed by atoms with Crippen LogP contribution in [0.15, 0.2) is 54.6 Å². The second-order valence-electron chi connectivity index (χ2n) is 3.98. The number of ether oxygens (including phenoxy) is 1. The number of carbonyl (C=O) groups excluding carboxylic acids is 1. The summed E-state index contributed by atoms with van der Waals surface area (Å²) >= 11 is 0. The summed E-state index contributed by atoms with van der Waals surface area (Å²) in [5, 5.41) is 2.36. The average Bonchev–Trinajstić information content (AvgIpc) is 2.43. The van der Waals surface area contributed by atoms with Crippen LogP contribution in [0.4, 0.5) is 14.9 Å². The smallest absolute Gasteiger partial charge is 0.411 e. The zero-order chi connectivity index (χ0) is 13.5. The zero-order valence-electron chi connectivity index (χ0n) is 10.3. The second kappa shape index (κ2) is 6.54. The first-order valence-corrected chi connectivity index (χ1v) is 5.98. The topological polar surface area (TPSA) is 38.3 Å². The number of halogens is 1. The molecule has 1 amide bonds. The van der Waals surface area contributed by atoms with Gasteiger partial charge in [0.2, 0.25) is 0 Å². The van der Waals surface area contributed by atoms with Crippen molar-refractivity contribution in [1.82, 2.24) is 0 Å². The van der Waals surface area contributed by atoms with E-state index in [9.17, 15) is 9.18 Å². The molecule has 0 aromatic heterocycles. The van der Waals surface area contributed by atoms with E-state index in [-0.39, 0.29) is 12.3 Å². The Balaban J connectivity index is 1.78. The van der Waals surface area contributed by atoms with Crippen molar-refractivity contribution >= 4 is 11.8 Å². The molecule has 0 heterocycles. The SMILES string of the molecule is O=C(Nc1ccccc1F)OCCc1ccccc1. The first-order valence-electron chi connectivity index (χ1n) is 5.98. The number of para-hydroxylation sites is 1. The molecule has 2 aromatic rings. The van der Waals surface area contributed by atoms with Gasteiger partial charge in [-0.25, -0.2) is 9.18 Å². The highest BCUT2D eigenvalue weighted by Gasteiger charge is 2.06. The highest BCUT2D eigenvalue weighted by molar-refractivity contribution is 5.84. The maximum atomic E-state index is 13.3. The van der Waals surface area contributed by atoms with E-state index in [4.69, 9.17) is 4.74 Å². The van der Waals surface area contributed by atoms with Crippen molar-refractivity contribution < 1.29 is 13.9 Å². The molecule has 0 atom stereocenters. The average molecular weight is 259 g/mol. The molecule has 0 spiro atoms. The fourth-order valence-electron chi connectivity index (χ4n) is 1.61. The van der Waals surface area contributed by atoms with E-state index in [1.807, 2.05) is 30.3 Å². The van der Waals surface area contributed by atoms with E-state index < -0.39 is 11.9 Å². The molecule has 0 saturated carbocycles. The van der Waals surface area contributed by atoms with Crippen LogP contribution in [0.1, 0.15) is 5.56 Å². The second-order valence-corrected chi connectivity index (χ2v) is 3.98. The number of hydrogen-bond donors (Lipinski definition) is 1. The summed E-state index contributed by atoms with van der Waals surface area (Å²) in [5.41, 5.74) is 1.20. The van der Waals surface area contributed by atoms with Crippen LogP contribution >= 0.6 is 0 Å². The van der Waals surface area contributed by atoms with Crippen molar-refractivity contribution in [3.63, 3.8) is 0 Å². The highest BCUT2D eigenvalue weighted by Crippen LogP contribution is 2.12. The predicted octanol–water partition coefficient (Wildman–Crippen LogP) is 3.62. The number of carbonyl (C=O) groups is 1. The van der Waals surface area contributed by atoms with Gasteiger partial charge in [-0.1, -0.05) is 42.5 Å². The van der Waals surface area contributed by atoms with Crippen LogP contribution in [-0.2, 0) is 11.2 Å². The van der Waals surface area contributed by atoms with Gasteiger partial charge in [0.25, 0.3) is 0 Å². The molecule has 19 heavy (non-hydrogen) atoms. The van der Waals surface area contributed by atoms with Gasteiger partial charge in [0.15, 0.2) is 0 Å². The Labute approximate surface area is 111 Å². The molecule has 0 aliphatic carbocycles. The minimum absolute atomic E-state index is 0.118. The lowest BCUT2D eigenvalue weighted by molar-refractivity contribution is 0.163. The number of nitrogens with one attached hydrogen (secondary N) is 1. The Morgan fingerprint density at radius 3 is 2.47 bits per heavy atom. The van der Waals surface area contributed by atoms with Crippen LogP contribution < -0.4 is 5.32 Å².